The van der Waals surface area contributed by atoms with Gasteiger partial charge in [0, 0.05) is 31.6 Å². The fourth-order valence-electron chi connectivity index (χ4n) is 2.47. The summed E-state index contributed by atoms with van der Waals surface area (Å²) in [5, 5.41) is 6.41. The molecule has 138 valence electrons. The predicted octanol–water partition coefficient (Wildman–Crippen LogP) is 3.66. The van der Waals surface area contributed by atoms with Crippen molar-refractivity contribution >= 4 is 17.3 Å². The van der Waals surface area contributed by atoms with Crippen LogP contribution in [-0.4, -0.2) is 36.5 Å². The van der Waals surface area contributed by atoms with Crippen molar-refractivity contribution in [2.45, 2.75) is 46.9 Å². The number of thiazole rings is 1. The first kappa shape index (κ1) is 19.5. The number of methoxy groups -OCH3 is 1. The van der Waals surface area contributed by atoms with Crippen molar-refractivity contribution in [2.75, 3.05) is 20.7 Å². The molecule has 1 N–H and O–H groups in total. The van der Waals surface area contributed by atoms with E-state index in [1.54, 1.807) is 18.4 Å². The maximum atomic E-state index is 5.57. The summed E-state index contributed by atoms with van der Waals surface area (Å²) >= 11 is 1.63. The van der Waals surface area contributed by atoms with E-state index in [1.807, 2.05) is 33.9 Å². The molecule has 7 heteroatoms. The zero-order chi connectivity index (χ0) is 18.4. The number of hydrogen-bond acceptors (Lipinski definition) is 5. The topological polar surface area (TPSA) is 62.9 Å². The summed E-state index contributed by atoms with van der Waals surface area (Å²) in [5.74, 6) is 2.70. The van der Waals surface area contributed by atoms with Crippen LogP contribution in [0.15, 0.2) is 20.9 Å². The molecule has 2 aromatic rings. The van der Waals surface area contributed by atoms with Gasteiger partial charge in [0.1, 0.15) is 22.6 Å². The largest absolute Gasteiger partial charge is 0.466 e. The van der Waals surface area contributed by atoms with Gasteiger partial charge >= 0.3 is 0 Å². The minimum Gasteiger partial charge on any atom is -0.466 e. The number of nitrogens with one attached hydrogen (secondary N) is 1. The molecule has 0 radical (unpaired) electrons. The molecule has 25 heavy (non-hydrogen) atoms. The zero-order valence-electron chi connectivity index (χ0n) is 15.9. The molecule has 0 aliphatic rings. The Morgan fingerprint density at radius 1 is 1.48 bits per heavy atom. The molecular formula is C18H28N4O2S. The van der Waals surface area contributed by atoms with Gasteiger partial charge in [0.15, 0.2) is 5.96 Å². The molecule has 0 saturated carbocycles. The number of aromatic nitrogens is 1. The summed E-state index contributed by atoms with van der Waals surface area (Å²) in [6.45, 7) is 10.1. The number of rotatable bonds is 7. The van der Waals surface area contributed by atoms with Crippen LogP contribution in [0.1, 0.15) is 47.7 Å². The van der Waals surface area contributed by atoms with Crippen molar-refractivity contribution in [1.82, 2.24) is 15.2 Å². The second kappa shape index (κ2) is 9.01. The average Bonchev–Trinajstić information content (AvgIpc) is 3.16. The summed E-state index contributed by atoms with van der Waals surface area (Å²) in [6, 6.07) is 2.04. The van der Waals surface area contributed by atoms with Crippen LogP contribution in [0.25, 0.3) is 0 Å². The van der Waals surface area contributed by atoms with Crippen molar-refractivity contribution in [3.8, 4) is 0 Å². The molecule has 0 aliphatic carbocycles. The highest BCUT2D eigenvalue weighted by atomic mass is 32.1. The van der Waals surface area contributed by atoms with Gasteiger partial charge in [0.2, 0.25) is 0 Å². The summed E-state index contributed by atoms with van der Waals surface area (Å²) in [6.07, 6.45) is 0.0262. The molecule has 0 aromatic carbocycles. The SMILES string of the molecule is CCNC(=NCc1cc(C)oc1C)N(C)Cc1csc(C(C)OC)n1. The summed E-state index contributed by atoms with van der Waals surface area (Å²) in [4.78, 5) is 11.5. The molecule has 2 aromatic heterocycles. The van der Waals surface area contributed by atoms with Gasteiger partial charge in [-0.3, -0.25) is 0 Å². The van der Waals surface area contributed by atoms with E-state index < -0.39 is 0 Å². The molecule has 0 spiro atoms. The number of aryl methyl sites for hydroxylation is 2. The van der Waals surface area contributed by atoms with Crippen LogP contribution in [0.4, 0.5) is 0 Å². The van der Waals surface area contributed by atoms with Crippen LogP contribution in [0.5, 0.6) is 0 Å². The smallest absolute Gasteiger partial charge is 0.194 e. The third-order valence-electron chi connectivity index (χ3n) is 3.91. The lowest BCUT2D eigenvalue weighted by Crippen LogP contribution is -2.38. The fourth-order valence-corrected chi connectivity index (χ4v) is 3.31. The van der Waals surface area contributed by atoms with E-state index in [2.05, 4.69) is 27.5 Å². The Bertz CT molecular complexity index is 708. The second-order valence-electron chi connectivity index (χ2n) is 6.02. The van der Waals surface area contributed by atoms with E-state index in [0.29, 0.717) is 13.1 Å². The van der Waals surface area contributed by atoms with Crippen molar-refractivity contribution in [1.29, 1.82) is 0 Å². The van der Waals surface area contributed by atoms with Gasteiger partial charge < -0.3 is 19.4 Å². The number of furan rings is 1. The van der Waals surface area contributed by atoms with Gasteiger partial charge in [-0.2, -0.15) is 0 Å². The van der Waals surface area contributed by atoms with Crippen molar-refractivity contribution < 1.29 is 9.15 Å². The molecule has 6 nitrogen and oxygen atoms in total. The molecule has 0 aliphatic heterocycles. The molecule has 0 bridgehead atoms. The van der Waals surface area contributed by atoms with Crippen LogP contribution in [-0.2, 0) is 17.8 Å². The molecule has 2 rings (SSSR count). The van der Waals surface area contributed by atoms with Crippen LogP contribution >= 0.6 is 11.3 Å². The van der Waals surface area contributed by atoms with Crippen LogP contribution in [0.3, 0.4) is 0 Å². The maximum absolute atomic E-state index is 5.57. The molecule has 1 unspecified atom stereocenters. The van der Waals surface area contributed by atoms with Gasteiger partial charge in [0.25, 0.3) is 0 Å². The Morgan fingerprint density at radius 2 is 2.24 bits per heavy atom. The lowest BCUT2D eigenvalue weighted by molar-refractivity contribution is 0.119. The number of nitrogens with zero attached hydrogens (tertiary/aromatic N) is 3. The van der Waals surface area contributed by atoms with Gasteiger partial charge in [0.05, 0.1) is 18.8 Å². The fraction of sp³-hybridized carbons (Fsp3) is 0.556. The number of aliphatic imine (C=N–C) groups is 1. The van der Waals surface area contributed by atoms with Gasteiger partial charge in [-0.05, 0) is 33.8 Å². The Hall–Kier alpha value is -1.86. The van der Waals surface area contributed by atoms with Gasteiger partial charge in [-0.1, -0.05) is 0 Å². The molecule has 0 fully saturated rings. The van der Waals surface area contributed by atoms with E-state index in [1.165, 1.54) is 0 Å². The number of guanidine groups is 1. The average molecular weight is 365 g/mol. The standard InChI is InChI=1S/C18H28N4O2S/c1-7-19-18(20-9-15-8-12(2)24-13(15)3)22(5)10-16-11-25-17(21-16)14(4)23-6/h8,11,14H,7,9-10H2,1-6H3,(H,19,20). The maximum Gasteiger partial charge on any atom is 0.194 e. The number of ether oxygens (including phenoxy) is 1. The van der Waals surface area contributed by atoms with Crippen molar-refractivity contribution in [3.63, 3.8) is 0 Å². The second-order valence-corrected chi connectivity index (χ2v) is 6.91. The monoisotopic (exact) mass is 364 g/mol. The van der Waals surface area contributed by atoms with E-state index in [9.17, 15) is 0 Å². The van der Waals surface area contributed by atoms with E-state index in [-0.39, 0.29) is 6.10 Å². The number of hydrogen-bond donors (Lipinski definition) is 1. The molecule has 0 saturated heterocycles. The summed E-state index contributed by atoms with van der Waals surface area (Å²) in [7, 11) is 3.72. The van der Waals surface area contributed by atoms with E-state index in [0.717, 1.165) is 40.3 Å². The van der Waals surface area contributed by atoms with Crippen molar-refractivity contribution in [3.05, 3.63) is 39.2 Å². The Morgan fingerprint density at radius 3 is 2.84 bits per heavy atom. The Kier molecular flexibility index (Phi) is 7.01. The van der Waals surface area contributed by atoms with Crippen LogP contribution in [0, 0.1) is 13.8 Å². The molecule has 1 atom stereocenters. The summed E-state index contributed by atoms with van der Waals surface area (Å²) in [5.41, 5.74) is 2.14. The van der Waals surface area contributed by atoms with Gasteiger partial charge in [-0.15, -0.1) is 11.3 Å². The zero-order valence-corrected chi connectivity index (χ0v) is 16.7. The first-order chi connectivity index (χ1) is 11.9. The molecule has 2 heterocycles. The first-order valence-electron chi connectivity index (χ1n) is 8.47. The van der Waals surface area contributed by atoms with E-state index in [4.69, 9.17) is 14.1 Å². The minimum atomic E-state index is 0.0262. The highest BCUT2D eigenvalue weighted by molar-refractivity contribution is 7.09. The highest BCUT2D eigenvalue weighted by Gasteiger charge is 2.13. The quantitative estimate of drug-likeness (QED) is 0.600. The minimum absolute atomic E-state index is 0.0262. The van der Waals surface area contributed by atoms with Crippen molar-refractivity contribution in [2.24, 2.45) is 4.99 Å². The third-order valence-corrected chi connectivity index (χ3v) is 4.96. The molecular weight excluding hydrogens is 336 g/mol. The third kappa shape index (κ3) is 5.31. The Labute approximate surface area is 153 Å². The lowest BCUT2D eigenvalue weighted by atomic mass is 10.2. The first-order valence-corrected chi connectivity index (χ1v) is 9.35. The normalized spacial score (nSPS) is 13.1. The Balaban J connectivity index is 2.06. The van der Waals surface area contributed by atoms with E-state index >= 15 is 0 Å². The predicted molar refractivity (Wildman–Crippen MR) is 102 cm³/mol. The van der Waals surface area contributed by atoms with Gasteiger partial charge in [-0.25, -0.2) is 9.98 Å². The van der Waals surface area contributed by atoms with Crippen LogP contribution in [0.2, 0.25) is 0 Å². The lowest BCUT2D eigenvalue weighted by Gasteiger charge is -2.21. The molecule has 0 amide bonds. The van der Waals surface area contributed by atoms with Crippen LogP contribution < -0.4 is 5.32 Å². The highest BCUT2D eigenvalue weighted by Crippen LogP contribution is 2.21. The summed E-state index contributed by atoms with van der Waals surface area (Å²) < 4.78 is 10.9.